The number of carbonyl (C=O) groups is 2. The van der Waals surface area contributed by atoms with Crippen LogP contribution in [0.1, 0.15) is 22.8 Å². The van der Waals surface area contributed by atoms with Crippen molar-refractivity contribution in [3.63, 3.8) is 0 Å². The maximum atomic E-state index is 12.1. The van der Waals surface area contributed by atoms with E-state index in [1.165, 1.54) is 7.11 Å². The van der Waals surface area contributed by atoms with E-state index in [0.717, 1.165) is 17.7 Å². The van der Waals surface area contributed by atoms with E-state index in [1.807, 2.05) is 31.2 Å². The number of methoxy groups -OCH3 is 1. The Kier molecular flexibility index (Phi) is 6.21. The second-order valence-corrected chi connectivity index (χ2v) is 5.51. The Labute approximate surface area is 146 Å². The Balaban J connectivity index is 2.02. The van der Waals surface area contributed by atoms with Crippen LogP contribution in [0.4, 0.5) is 11.4 Å². The topological polar surface area (TPSA) is 67.4 Å². The Morgan fingerprint density at radius 3 is 2.58 bits per heavy atom. The van der Waals surface area contributed by atoms with E-state index in [9.17, 15) is 9.59 Å². The van der Waals surface area contributed by atoms with Gasteiger partial charge < -0.3 is 15.4 Å². The summed E-state index contributed by atoms with van der Waals surface area (Å²) in [6.45, 7) is 2.06. The Hall–Kier alpha value is -2.53. The molecule has 0 saturated heterocycles. The molecule has 0 spiro atoms. The summed E-state index contributed by atoms with van der Waals surface area (Å²) < 4.78 is 4.67. The molecule has 0 unspecified atom stereocenters. The Morgan fingerprint density at radius 1 is 1.12 bits per heavy atom. The lowest BCUT2D eigenvalue weighted by Crippen LogP contribution is -2.22. The fourth-order valence-electron chi connectivity index (χ4n) is 2.23. The van der Waals surface area contributed by atoms with Crippen LogP contribution in [0, 0.1) is 0 Å². The molecule has 2 aromatic carbocycles. The number of aryl methyl sites for hydroxylation is 1. The summed E-state index contributed by atoms with van der Waals surface area (Å²) in [6, 6.07) is 12.4. The van der Waals surface area contributed by atoms with E-state index in [0.29, 0.717) is 16.3 Å². The lowest BCUT2D eigenvalue weighted by atomic mass is 10.1. The maximum absolute atomic E-state index is 12.1. The molecule has 0 radical (unpaired) electrons. The summed E-state index contributed by atoms with van der Waals surface area (Å²) >= 11 is 6.09. The number of nitrogens with one attached hydrogen (secondary N) is 2. The van der Waals surface area contributed by atoms with Crippen LogP contribution < -0.4 is 10.6 Å². The van der Waals surface area contributed by atoms with Crippen molar-refractivity contribution in [2.24, 2.45) is 0 Å². The summed E-state index contributed by atoms with van der Waals surface area (Å²) in [4.78, 5) is 23.7. The summed E-state index contributed by atoms with van der Waals surface area (Å²) in [5.74, 6) is -0.661. The average molecular weight is 347 g/mol. The second-order valence-electron chi connectivity index (χ2n) is 5.10. The molecular formula is C18H19ClN2O3. The molecule has 2 rings (SSSR count). The predicted molar refractivity (Wildman–Crippen MR) is 95.7 cm³/mol. The third kappa shape index (κ3) is 4.49. The highest BCUT2D eigenvalue weighted by molar-refractivity contribution is 6.33. The lowest BCUT2D eigenvalue weighted by Gasteiger charge is -2.12. The Bertz CT molecular complexity index is 747. The molecule has 0 fully saturated rings. The number of anilines is 2. The van der Waals surface area contributed by atoms with Gasteiger partial charge in [0, 0.05) is 5.69 Å². The van der Waals surface area contributed by atoms with Crippen molar-refractivity contribution in [2.75, 3.05) is 24.3 Å². The van der Waals surface area contributed by atoms with Crippen molar-refractivity contribution in [3.8, 4) is 0 Å². The van der Waals surface area contributed by atoms with Gasteiger partial charge >= 0.3 is 5.97 Å². The number of carbonyl (C=O) groups excluding carboxylic acids is 2. The van der Waals surface area contributed by atoms with E-state index in [2.05, 4.69) is 15.4 Å². The highest BCUT2D eigenvalue weighted by atomic mass is 35.5. The zero-order valence-corrected chi connectivity index (χ0v) is 14.3. The minimum atomic E-state index is -0.462. The zero-order valence-electron chi connectivity index (χ0n) is 13.6. The monoisotopic (exact) mass is 346 g/mol. The van der Waals surface area contributed by atoms with Crippen LogP contribution in [0.25, 0.3) is 0 Å². The van der Waals surface area contributed by atoms with Crippen molar-refractivity contribution in [1.82, 2.24) is 0 Å². The van der Waals surface area contributed by atoms with E-state index < -0.39 is 5.97 Å². The smallest absolute Gasteiger partial charge is 0.337 e. The van der Waals surface area contributed by atoms with E-state index in [-0.39, 0.29) is 12.5 Å². The number of rotatable bonds is 6. The molecule has 0 saturated carbocycles. The largest absolute Gasteiger partial charge is 0.465 e. The van der Waals surface area contributed by atoms with Gasteiger partial charge in [0.15, 0.2) is 0 Å². The molecule has 0 aromatic heterocycles. The number of benzene rings is 2. The zero-order chi connectivity index (χ0) is 17.5. The number of esters is 1. The number of hydrogen-bond acceptors (Lipinski definition) is 4. The highest BCUT2D eigenvalue weighted by Crippen LogP contribution is 2.23. The fraction of sp³-hybridized carbons (Fsp3) is 0.222. The molecule has 0 aliphatic carbocycles. The van der Waals surface area contributed by atoms with Crippen molar-refractivity contribution in [3.05, 3.63) is 58.6 Å². The minimum Gasteiger partial charge on any atom is -0.465 e. The molecule has 2 aromatic rings. The van der Waals surface area contributed by atoms with Gasteiger partial charge in [-0.1, -0.05) is 36.7 Å². The first kappa shape index (κ1) is 17.8. The predicted octanol–water partition coefficient (Wildman–Crippen LogP) is 3.74. The number of para-hydroxylation sites is 1. The number of halogens is 1. The molecule has 2 N–H and O–H groups in total. The molecule has 0 bridgehead atoms. The van der Waals surface area contributed by atoms with Gasteiger partial charge in [-0.2, -0.15) is 0 Å². The molecule has 0 aliphatic heterocycles. The molecule has 24 heavy (non-hydrogen) atoms. The minimum absolute atomic E-state index is 0.0302. The van der Waals surface area contributed by atoms with E-state index in [1.54, 1.807) is 18.2 Å². The summed E-state index contributed by atoms with van der Waals surface area (Å²) in [5.41, 5.74) is 2.72. The van der Waals surface area contributed by atoms with Gasteiger partial charge in [0.2, 0.25) is 5.91 Å². The molecule has 1 amide bonds. The summed E-state index contributed by atoms with van der Waals surface area (Å²) in [6.07, 6.45) is 0.830. The lowest BCUT2D eigenvalue weighted by molar-refractivity contribution is -0.114. The number of amides is 1. The van der Waals surface area contributed by atoms with Crippen molar-refractivity contribution in [2.45, 2.75) is 13.3 Å². The molecule has 0 heterocycles. The van der Waals surface area contributed by atoms with Crippen LogP contribution in [-0.2, 0) is 16.0 Å². The Morgan fingerprint density at radius 2 is 1.88 bits per heavy atom. The highest BCUT2D eigenvalue weighted by Gasteiger charge is 2.10. The molecule has 5 nitrogen and oxygen atoms in total. The summed E-state index contributed by atoms with van der Waals surface area (Å²) in [5, 5.41) is 6.22. The third-order valence-electron chi connectivity index (χ3n) is 3.50. The van der Waals surface area contributed by atoms with E-state index in [4.69, 9.17) is 11.6 Å². The molecule has 0 atom stereocenters. The van der Waals surface area contributed by atoms with Crippen molar-refractivity contribution < 1.29 is 14.3 Å². The second kappa shape index (κ2) is 8.36. The van der Waals surface area contributed by atoms with Crippen LogP contribution in [0.2, 0.25) is 5.02 Å². The normalized spacial score (nSPS) is 10.1. The van der Waals surface area contributed by atoms with Crippen molar-refractivity contribution >= 4 is 34.9 Å². The first-order valence-electron chi connectivity index (χ1n) is 7.54. The fourth-order valence-corrected chi connectivity index (χ4v) is 2.41. The number of ether oxygens (including phenoxy) is 1. The van der Waals surface area contributed by atoms with E-state index >= 15 is 0 Å². The third-order valence-corrected chi connectivity index (χ3v) is 3.83. The number of hydrogen-bond donors (Lipinski definition) is 2. The van der Waals surface area contributed by atoms with Gasteiger partial charge in [-0.3, -0.25) is 4.79 Å². The van der Waals surface area contributed by atoms with Gasteiger partial charge in [-0.25, -0.2) is 4.79 Å². The molecular weight excluding hydrogens is 328 g/mol. The van der Waals surface area contributed by atoms with Crippen LogP contribution in [0.15, 0.2) is 42.5 Å². The summed E-state index contributed by atoms with van der Waals surface area (Å²) in [7, 11) is 1.31. The first-order chi connectivity index (χ1) is 11.5. The standard InChI is InChI=1S/C18H19ClN2O3/c1-3-12-6-4-5-7-15(12)21-17(22)11-20-16-10-13(18(23)24-2)8-9-14(16)19/h4-10,20H,3,11H2,1-2H3,(H,21,22). The van der Waals surface area contributed by atoms with Crippen molar-refractivity contribution in [1.29, 1.82) is 0 Å². The SMILES string of the molecule is CCc1ccccc1NC(=O)CNc1cc(C(=O)OC)ccc1Cl. The van der Waals surface area contributed by atoms with Gasteiger partial charge in [0.1, 0.15) is 0 Å². The molecule has 126 valence electrons. The molecule has 6 heteroatoms. The average Bonchev–Trinajstić information content (AvgIpc) is 2.60. The van der Waals surface area contributed by atoms with Gasteiger partial charge in [0.05, 0.1) is 29.9 Å². The quantitative estimate of drug-likeness (QED) is 0.782. The van der Waals surface area contributed by atoms with Gasteiger partial charge in [0.25, 0.3) is 0 Å². The first-order valence-corrected chi connectivity index (χ1v) is 7.92. The van der Waals surface area contributed by atoms with Gasteiger partial charge in [-0.05, 0) is 36.2 Å². The van der Waals surface area contributed by atoms with Crippen LogP contribution >= 0.6 is 11.6 Å². The van der Waals surface area contributed by atoms with Crippen LogP contribution in [0.5, 0.6) is 0 Å². The maximum Gasteiger partial charge on any atom is 0.337 e. The van der Waals surface area contributed by atoms with Crippen LogP contribution in [-0.4, -0.2) is 25.5 Å². The van der Waals surface area contributed by atoms with Crippen LogP contribution in [0.3, 0.4) is 0 Å². The van der Waals surface area contributed by atoms with Gasteiger partial charge in [-0.15, -0.1) is 0 Å². The molecule has 0 aliphatic rings.